The lowest BCUT2D eigenvalue weighted by molar-refractivity contribution is -0.161. The molecule has 0 aromatic heterocycles. The summed E-state index contributed by atoms with van der Waals surface area (Å²) in [5, 5.41) is 10.7. The van der Waals surface area contributed by atoms with Crippen molar-refractivity contribution in [1.29, 1.82) is 0 Å². The quantitative estimate of drug-likeness (QED) is 0.0222. The molecule has 0 amide bonds. The van der Waals surface area contributed by atoms with Gasteiger partial charge in [-0.2, -0.15) is 0 Å². The van der Waals surface area contributed by atoms with Crippen molar-refractivity contribution in [3.8, 4) is 0 Å². The van der Waals surface area contributed by atoms with Gasteiger partial charge < -0.3 is 33.8 Å². The summed E-state index contributed by atoms with van der Waals surface area (Å²) in [5.74, 6) is -1.23. The van der Waals surface area contributed by atoms with Crippen molar-refractivity contribution in [3.05, 3.63) is 0 Å². The molecule has 0 saturated heterocycles. The van der Waals surface area contributed by atoms with E-state index in [1.807, 2.05) is 0 Å². The van der Waals surface area contributed by atoms with Crippen molar-refractivity contribution in [3.63, 3.8) is 0 Å². The van der Waals surface area contributed by atoms with Crippen LogP contribution in [-0.2, 0) is 65.4 Å². The Morgan fingerprint density at radius 1 is 0.262 bits per heavy atom. The second-order valence-electron chi connectivity index (χ2n) is 31.9. The van der Waals surface area contributed by atoms with Crippen LogP contribution in [0, 0.1) is 5.92 Å². The zero-order valence-electron chi connectivity index (χ0n) is 70.3. The van der Waals surface area contributed by atoms with Gasteiger partial charge in [-0.25, -0.2) is 9.13 Å². The third kappa shape index (κ3) is 80.5. The normalized spacial score (nSPS) is 14.0. The molecule has 636 valence electrons. The zero-order valence-corrected chi connectivity index (χ0v) is 72.1. The van der Waals surface area contributed by atoms with E-state index in [4.69, 9.17) is 37.0 Å². The lowest BCUT2D eigenvalue weighted by Crippen LogP contribution is -2.30. The molecule has 0 bridgehead atoms. The van der Waals surface area contributed by atoms with E-state index in [0.29, 0.717) is 25.7 Å². The number of esters is 4. The Labute approximate surface area is 658 Å². The van der Waals surface area contributed by atoms with Crippen LogP contribution in [0.1, 0.15) is 478 Å². The maximum Gasteiger partial charge on any atom is 0.472 e. The van der Waals surface area contributed by atoms with Crippen LogP contribution in [0.25, 0.3) is 0 Å². The summed E-state index contributed by atoms with van der Waals surface area (Å²) in [7, 11) is -9.92. The summed E-state index contributed by atoms with van der Waals surface area (Å²) in [4.78, 5) is 73.1. The number of carbonyl (C=O) groups excluding carboxylic acids is 4. The molecular formula is C88H172O17P2. The number of hydrogen-bond donors (Lipinski definition) is 3. The Kier molecular flexibility index (Phi) is 79.2. The molecule has 0 aromatic carbocycles. The lowest BCUT2D eigenvalue weighted by Gasteiger charge is -2.21. The summed E-state index contributed by atoms with van der Waals surface area (Å²) in [5.41, 5.74) is 0. The van der Waals surface area contributed by atoms with Gasteiger partial charge in [0.15, 0.2) is 12.2 Å². The summed E-state index contributed by atoms with van der Waals surface area (Å²) in [6.07, 6.45) is 75.3. The highest BCUT2D eigenvalue weighted by Gasteiger charge is 2.30. The third-order valence-electron chi connectivity index (χ3n) is 21.1. The number of phosphoric acid groups is 2. The number of ether oxygens (including phenoxy) is 4. The lowest BCUT2D eigenvalue weighted by atomic mass is 9.99. The minimum absolute atomic E-state index is 0.108. The molecule has 3 N–H and O–H groups in total. The van der Waals surface area contributed by atoms with E-state index in [-0.39, 0.29) is 25.7 Å². The number of unbranched alkanes of at least 4 members (excludes halogenated alkanes) is 59. The molecule has 0 fully saturated rings. The minimum atomic E-state index is -4.97. The average Bonchev–Trinajstić information content (AvgIpc) is 0.908. The van der Waals surface area contributed by atoms with Gasteiger partial charge in [-0.05, 0) is 31.6 Å². The van der Waals surface area contributed by atoms with Gasteiger partial charge in [0.25, 0.3) is 0 Å². The summed E-state index contributed by atoms with van der Waals surface area (Å²) >= 11 is 0. The molecule has 0 aromatic rings. The van der Waals surface area contributed by atoms with E-state index in [9.17, 15) is 43.2 Å². The fraction of sp³-hybridized carbons (Fsp3) is 0.955. The Morgan fingerprint density at radius 2 is 0.449 bits per heavy atom. The van der Waals surface area contributed by atoms with E-state index in [1.54, 1.807) is 0 Å². The highest BCUT2D eigenvalue weighted by molar-refractivity contribution is 7.47. The monoisotopic (exact) mass is 1560 g/mol. The summed E-state index contributed by atoms with van der Waals surface area (Å²) in [6.45, 7) is 7.40. The van der Waals surface area contributed by atoms with Crippen molar-refractivity contribution < 1.29 is 80.2 Å². The predicted octanol–water partition coefficient (Wildman–Crippen LogP) is 27.2. The van der Waals surface area contributed by atoms with Crippen LogP contribution < -0.4 is 0 Å². The molecule has 19 heteroatoms. The molecule has 0 aliphatic carbocycles. The molecule has 6 atom stereocenters. The fourth-order valence-electron chi connectivity index (χ4n) is 13.8. The molecule has 107 heavy (non-hydrogen) atoms. The molecule has 3 unspecified atom stereocenters. The Hall–Kier alpha value is -1.94. The van der Waals surface area contributed by atoms with Gasteiger partial charge in [-0.15, -0.1) is 0 Å². The first-order chi connectivity index (χ1) is 52.1. The molecule has 0 aliphatic heterocycles. The zero-order chi connectivity index (χ0) is 78.3. The van der Waals surface area contributed by atoms with Crippen LogP contribution in [-0.4, -0.2) is 96.7 Å². The van der Waals surface area contributed by atoms with Crippen LogP contribution in [0.4, 0.5) is 0 Å². The topological polar surface area (TPSA) is 237 Å². The molecule has 0 aliphatic rings. The van der Waals surface area contributed by atoms with E-state index in [0.717, 1.165) is 109 Å². The van der Waals surface area contributed by atoms with E-state index < -0.39 is 97.5 Å². The first-order valence-electron chi connectivity index (χ1n) is 45.7. The van der Waals surface area contributed by atoms with Crippen LogP contribution in [0.3, 0.4) is 0 Å². The van der Waals surface area contributed by atoms with Gasteiger partial charge >= 0.3 is 39.5 Å². The molecule has 0 spiro atoms. The fourth-order valence-corrected chi connectivity index (χ4v) is 15.4. The molecule has 0 radical (unpaired) electrons. The Bertz CT molecular complexity index is 2030. The van der Waals surface area contributed by atoms with E-state index >= 15 is 0 Å². The van der Waals surface area contributed by atoms with Gasteiger partial charge in [0.05, 0.1) is 26.4 Å². The van der Waals surface area contributed by atoms with Crippen LogP contribution in [0.5, 0.6) is 0 Å². The van der Waals surface area contributed by atoms with Crippen LogP contribution in [0.2, 0.25) is 0 Å². The largest absolute Gasteiger partial charge is 0.472 e. The molecule has 17 nitrogen and oxygen atoms in total. The number of carbonyl (C=O) groups is 4. The van der Waals surface area contributed by atoms with Gasteiger partial charge in [0.1, 0.15) is 19.3 Å². The SMILES string of the molecule is CCCCCCCCCCCCCCCCCCCCCCCCC(=O)OC[C@H](COP(=O)(O)OC[C@@H](O)COP(=O)(O)OC[C@@H](COC(=O)CCCCCCCCC)OC(=O)CCCCCCCCCCCCCCCCCC)OC(=O)CCCCCCCCCCCCCCCCCCCCC(C)CC. The number of rotatable bonds is 88. The number of phosphoric ester groups is 2. The standard InChI is InChI=1S/C88H172O17P2/c1-6-10-13-16-19-21-23-25-27-29-30-31-32-33-37-41-44-48-52-57-62-67-72-86(91)99-78-84(105-88(93)74-69-64-59-54-50-46-42-38-35-34-36-39-43-47-51-56-60-65-70-81(5)9-4)80-103-107(96,97)101-76-82(89)75-100-106(94,95)102-79-83(77-98-85(90)71-66-61-55-18-15-12-8-3)104-87(92)73-68-63-58-53-49-45-40-28-26-24-22-20-17-14-11-7-2/h81-84,89H,6-80H2,1-5H3,(H,94,95)(H,96,97)/t81?,82-,83+,84+/m0/s1. The minimum Gasteiger partial charge on any atom is -0.462 e. The number of aliphatic hydroxyl groups is 1. The molecule has 0 rings (SSSR count). The van der Waals surface area contributed by atoms with Crippen molar-refractivity contribution in [1.82, 2.24) is 0 Å². The molecule has 0 saturated carbocycles. The molecular weight excluding hydrogens is 1390 g/mol. The Balaban J connectivity index is 5.15. The first kappa shape index (κ1) is 105. The van der Waals surface area contributed by atoms with Crippen molar-refractivity contribution in [2.45, 2.75) is 496 Å². The highest BCUT2D eigenvalue weighted by Crippen LogP contribution is 2.45. The third-order valence-corrected chi connectivity index (χ3v) is 23.0. The second-order valence-corrected chi connectivity index (χ2v) is 34.8. The first-order valence-corrected chi connectivity index (χ1v) is 48.7. The van der Waals surface area contributed by atoms with Crippen LogP contribution >= 0.6 is 15.6 Å². The highest BCUT2D eigenvalue weighted by atomic mass is 31.2. The smallest absolute Gasteiger partial charge is 0.462 e. The number of aliphatic hydroxyl groups excluding tert-OH is 1. The van der Waals surface area contributed by atoms with E-state index in [2.05, 4.69) is 34.6 Å². The van der Waals surface area contributed by atoms with Gasteiger partial charge in [-0.3, -0.25) is 37.3 Å². The van der Waals surface area contributed by atoms with E-state index in [1.165, 1.54) is 289 Å². The summed E-state index contributed by atoms with van der Waals surface area (Å²) < 4.78 is 68.8. The van der Waals surface area contributed by atoms with Gasteiger partial charge in [0.2, 0.25) is 0 Å². The number of hydrogen-bond acceptors (Lipinski definition) is 15. The van der Waals surface area contributed by atoms with Gasteiger partial charge in [-0.1, -0.05) is 426 Å². The van der Waals surface area contributed by atoms with Crippen LogP contribution in [0.15, 0.2) is 0 Å². The second kappa shape index (κ2) is 80.7. The molecule has 0 heterocycles. The van der Waals surface area contributed by atoms with Crippen molar-refractivity contribution in [2.24, 2.45) is 5.92 Å². The summed E-state index contributed by atoms with van der Waals surface area (Å²) in [6, 6.07) is 0. The van der Waals surface area contributed by atoms with Gasteiger partial charge in [0, 0.05) is 25.7 Å². The van der Waals surface area contributed by atoms with Crippen molar-refractivity contribution in [2.75, 3.05) is 39.6 Å². The van der Waals surface area contributed by atoms with Crippen molar-refractivity contribution >= 4 is 39.5 Å². The maximum absolute atomic E-state index is 13.2. The maximum atomic E-state index is 13.2. The predicted molar refractivity (Wildman–Crippen MR) is 442 cm³/mol. The average molecular weight is 1560 g/mol. The Morgan fingerprint density at radius 3 is 0.664 bits per heavy atom.